The zero-order chi connectivity index (χ0) is 23.6. The van der Waals surface area contributed by atoms with Crippen LogP contribution in [0.1, 0.15) is 12.5 Å². The molecule has 0 spiro atoms. The number of anilines is 1. The van der Waals surface area contributed by atoms with Gasteiger partial charge in [-0.15, -0.1) is 0 Å². The maximum Gasteiger partial charge on any atom is 0.340 e. The van der Waals surface area contributed by atoms with Gasteiger partial charge in [0.2, 0.25) is 0 Å². The number of esters is 1. The number of hydrogen-bond acceptors (Lipinski definition) is 7. The van der Waals surface area contributed by atoms with Gasteiger partial charge in [-0.25, -0.2) is 4.79 Å². The minimum Gasteiger partial charge on any atom is -0.495 e. The zero-order valence-electron chi connectivity index (χ0n) is 17.7. The van der Waals surface area contributed by atoms with Gasteiger partial charge in [0, 0.05) is 11.8 Å². The molecule has 3 rings (SSSR count). The van der Waals surface area contributed by atoms with Gasteiger partial charge in [-0.05, 0) is 42.8 Å². The third-order valence-corrected chi connectivity index (χ3v) is 5.19. The highest BCUT2D eigenvalue weighted by molar-refractivity contribution is 6.32. The van der Waals surface area contributed by atoms with E-state index in [1.165, 1.54) is 50.5 Å². The number of halogens is 1. The first-order valence-corrected chi connectivity index (χ1v) is 9.63. The van der Waals surface area contributed by atoms with Gasteiger partial charge in [0.15, 0.2) is 5.75 Å². The number of carbonyl (C=O) groups excluding carboxylic acids is 2. The minimum atomic E-state index is -0.716. The van der Waals surface area contributed by atoms with Gasteiger partial charge in [-0.3, -0.25) is 19.8 Å². The molecule has 0 radical (unpaired) electrons. The molecule has 1 amide bonds. The molecule has 0 aliphatic carbocycles. The maximum absolute atomic E-state index is 13.3. The lowest BCUT2D eigenvalue weighted by atomic mass is 10.0. The second-order valence-electron chi connectivity index (χ2n) is 6.66. The van der Waals surface area contributed by atoms with Crippen LogP contribution in [0.15, 0.2) is 53.2 Å². The van der Waals surface area contributed by atoms with Crippen LogP contribution in [-0.4, -0.2) is 38.1 Å². The van der Waals surface area contributed by atoms with Gasteiger partial charge < -0.3 is 14.2 Å². The fraction of sp³-hybridized carbons (Fsp3) is 0.182. The first-order chi connectivity index (χ1) is 15.2. The standard InChI is InChI=1S/C22H19ClN2O7/c1-12-20(22(27)32-4)15(9-13-5-7-19(31-3)17(10-13)25(28)29)21(26)24(12)14-6-8-18(30-2)16(23)11-14/h5-11H,1-4H3/b15-9-. The van der Waals surface area contributed by atoms with Crippen molar-refractivity contribution in [2.24, 2.45) is 0 Å². The summed E-state index contributed by atoms with van der Waals surface area (Å²) in [6.45, 7) is 1.60. The average molecular weight is 459 g/mol. The molecule has 9 nitrogen and oxygen atoms in total. The van der Waals surface area contributed by atoms with Crippen molar-refractivity contribution in [3.05, 3.63) is 73.9 Å². The summed E-state index contributed by atoms with van der Waals surface area (Å²) in [7, 11) is 3.99. The topological polar surface area (TPSA) is 108 Å². The van der Waals surface area contributed by atoms with Crippen LogP contribution in [-0.2, 0) is 14.3 Å². The molecule has 2 aromatic carbocycles. The third-order valence-electron chi connectivity index (χ3n) is 4.89. The number of hydrogen-bond donors (Lipinski definition) is 0. The van der Waals surface area contributed by atoms with Crippen LogP contribution in [0, 0.1) is 10.1 Å². The molecule has 0 saturated heterocycles. The monoisotopic (exact) mass is 458 g/mol. The largest absolute Gasteiger partial charge is 0.495 e. The summed E-state index contributed by atoms with van der Waals surface area (Å²) in [5, 5.41) is 11.6. The molecule has 1 heterocycles. The van der Waals surface area contributed by atoms with E-state index >= 15 is 0 Å². The van der Waals surface area contributed by atoms with Gasteiger partial charge in [0.1, 0.15) is 5.75 Å². The third kappa shape index (κ3) is 4.02. The number of allylic oxidation sites excluding steroid dienone is 1. The Hall–Kier alpha value is -3.85. The fourth-order valence-corrected chi connectivity index (χ4v) is 3.64. The van der Waals surface area contributed by atoms with Crippen molar-refractivity contribution < 1.29 is 28.7 Å². The Morgan fingerprint density at radius 3 is 2.31 bits per heavy atom. The van der Waals surface area contributed by atoms with E-state index in [4.69, 9.17) is 25.8 Å². The Kier molecular flexibility index (Phi) is 6.50. The van der Waals surface area contributed by atoms with E-state index in [9.17, 15) is 19.7 Å². The fourth-order valence-electron chi connectivity index (χ4n) is 3.39. The van der Waals surface area contributed by atoms with E-state index in [0.29, 0.717) is 22.7 Å². The second kappa shape index (κ2) is 9.11. The van der Waals surface area contributed by atoms with Crippen LogP contribution in [0.25, 0.3) is 6.08 Å². The molecule has 10 heteroatoms. The number of ether oxygens (including phenoxy) is 3. The summed E-state index contributed by atoms with van der Waals surface area (Å²) < 4.78 is 15.0. The van der Waals surface area contributed by atoms with Crippen molar-refractivity contribution in [1.82, 2.24) is 0 Å². The highest BCUT2D eigenvalue weighted by Crippen LogP contribution is 2.38. The van der Waals surface area contributed by atoms with E-state index in [0.717, 1.165) is 0 Å². The summed E-state index contributed by atoms with van der Waals surface area (Å²) in [5.41, 5.74) is 0.890. The highest BCUT2D eigenvalue weighted by Gasteiger charge is 2.38. The number of nitrogens with zero attached hydrogens (tertiary/aromatic N) is 2. The Morgan fingerprint density at radius 1 is 1.09 bits per heavy atom. The van der Waals surface area contributed by atoms with Crippen LogP contribution in [0.4, 0.5) is 11.4 Å². The van der Waals surface area contributed by atoms with Crippen LogP contribution < -0.4 is 14.4 Å². The molecule has 32 heavy (non-hydrogen) atoms. The number of nitro groups is 1. The first kappa shape index (κ1) is 22.8. The first-order valence-electron chi connectivity index (χ1n) is 9.25. The van der Waals surface area contributed by atoms with Gasteiger partial charge in [-0.1, -0.05) is 17.7 Å². The molecule has 166 valence electrons. The van der Waals surface area contributed by atoms with Gasteiger partial charge >= 0.3 is 11.7 Å². The molecule has 0 fully saturated rings. The summed E-state index contributed by atoms with van der Waals surface area (Å²) in [5.74, 6) is -0.725. The summed E-state index contributed by atoms with van der Waals surface area (Å²) in [6.07, 6.45) is 1.40. The average Bonchev–Trinajstić information content (AvgIpc) is 3.02. The van der Waals surface area contributed by atoms with E-state index in [2.05, 4.69) is 0 Å². The molecule has 0 unspecified atom stereocenters. The Morgan fingerprint density at radius 2 is 1.75 bits per heavy atom. The van der Waals surface area contributed by atoms with E-state index in [1.54, 1.807) is 25.1 Å². The molecule has 0 aromatic heterocycles. The van der Waals surface area contributed by atoms with E-state index < -0.39 is 16.8 Å². The van der Waals surface area contributed by atoms with Crippen LogP contribution in [0.5, 0.6) is 11.5 Å². The Labute approximate surface area is 188 Å². The van der Waals surface area contributed by atoms with Crippen LogP contribution in [0.3, 0.4) is 0 Å². The normalized spacial score (nSPS) is 14.7. The minimum absolute atomic E-state index is 0.0285. The van der Waals surface area contributed by atoms with Crippen molar-refractivity contribution in [1.29, 1.82) is 0 Å². The summed E-state index contributed by atoms with van der Waals surface area (Å²) >= 11 is 6.21. The number of methoxy groups -OCH3 is 3. The molecular formula is C22H19ClN2O7. The number of rotatable bonds is 6. The molecule has 0 bridgehead atoms. The second-order valence-corrected chi connectivity index (χ2v) is 7.07. The van der Waals surface area contributed by atoms with Crippen molar-refractivity contribution >= 4 is 40.9 Å². The van der Waals surface area contributed by atoms with Crippen molar-refractivity contribution in [3.8, 4) is 11.5 Å². The summed E-state index contributed by atoms with van der Waals surface area (Å²) in [4.78, 5) is 37.9. The lowest BCUT2D eigenvalue weighted by Crippen LogP contribution is -2.24. The molecule has 1 aliphatic heterocycles. The maximum atomic E-state index is 13.3. The SMILES string of the molecule is COC(=O)C1=C(C)N(c2ccc(OC)c(Cl)c2)C(=O)/C1=C\c1ccc(OC)c([N+](=O)[O-])c1. The highest BCUT2D eigenvalue weighted by atomic mass is 35.5. The predicted octanol–water partition coefficient (Wildman–Crippen LogP) is 4.14. The van der Waals surface area contributed by atoms with Gasteiger partial charge in [0.25, 0.3) is 5.91 Å². The van der Waals surface area contributed by atoms with Crippen molar-refractivity contribution in [2.75, 3.05) is 26.2 Å². The number of amides is 1. The number of nitro benzene ring substituents is 1. The number of carbonyl (C=O) groups is 2. The lowest BCUT2D eigenvalue weighted by molar-refractivity contribution is -0.385. The zero-order valence-corrected chi connectivity index (χ0v) is 18.4. The quantitative estimate of drug-likeness (QED) is 0.277. The smallest absolute Gasteiger partial charge is 0.340 e. The molecule has 2 aromatic rings. The number of benzene rings is 2. The Bertz CT molecular complexity index is 1190. The van der Waals surface area contributed by atoms with E-state index in [-0.39, 0.29) is 27.6 Å². The van der Waals surface area contributed by atoms with Crippen molar-refractivity contribution in [2.45, 2.75) is 6.92 Å². The van der Waals surface area contributed by atoms with Crippen molar-refractivity contribution in [3.63, 3.8) is 0 Å². The van der Waals surface area contributed by atoms with E-state index in [1.807, 2.05) is 0 Å². The molecule has 0 saturated carbocycles. The Balaban J connectivity index is 2.15. The predicted molar refractivity (Wildman–Crippen MR) is 118 cm³/mol. The molecular weight excluding hydrogens is 440 g/mol. The van der Waals surface area contributed by atoms with Gasteiger partial charge in [-0.2, -0.15) is 0 Å². The molecule has 0 atom stereocenters. The molecule has 0 N–H and O–H groups in total. The van der Waals surface area contributed by atoms with Crippen LogP contribution in [0.2, 0.25) is 5.02 Å². The van der Waals surface area contributed by atoms with Crippen LogP contribution >= 0.6 is 11.6 Å². The molecule has 1 aliphatic rings. The summed E-state index contributed by atoms with van der Waals surface area (Å²) in [6, 6.07) is 8.99. The van der Waals surface area contributed by atoms with Gasteiger partial charge in [0.05, 0.1) is 48.1 Å². The lowest BCUT2D eigenvalue weighted by Gasteiger charge is -2.19.